The van der Waals surface area contributed by atoms with Crippen molar-refractivity contribution in [2.75, 3.05) is 32.2 Å². The molecular weight excluding hydrogens is 356 g/mol. The second-order valence-electron chi connectivity index (χ2n) is 6.09. The fourth-order valence-electron chi connectivity index (χ4n) is 2.89. The van der Waals surface area contributed by atoms with Gasteiger partial charge in [0.2, 0.25) is 5.90 Å². The first-order chi connectivity index (χ1) is 13.7. The van der Waals surface area contributed by atoms with Gasteiger partial charge in [0.05, 0.1) is 32.4 Å². The highest BCUT2D eigenvalue weighted by atomic mass is 16.5. The quantitative estimate of drug-likeness (QED) is 0.704. The maximum Gasteiger partial charge on any atom is 0.310 e. The third-order valence-electron chi connectivity index (χ3n) is 4.19. The largest absolute Gasteiger partial charge is 0.497 e. The highest BCUT2D eigenvalue weighted by Crippen LogP contribution is 2.28. The second-order valence-corrected chi connectivity index (χ2v) is 6.09. The summed E-state index contributed by atoms with van der Waals surface area (Å²) < 4.78 is 16.1. The van der Waals surface area contributed by atoms with E-state index in [1.54, 1.807) is 14.0 Å². The number of hydrogen-bond acceptors (Lipinski definition) is 6. The van der Waals surface area contributed by atoms with Gasteiger partial charge in [0.25, 0.3) is 0 Å². The van der Waals surface area contributed by atoms with Crippen molar-refractivity contribution in [1.29, 1.82) is 0 Å². The normalized spacial score (nSPS) is 13.9. The molecule has 0 saturated heterocycles. The van der Waals surface area contributed by atoms with Crippen molar-refractivity contribution in [3.05, 3.63) is 65.7 Å². The monoisotopic (exact) mass is 380 g/mol. The first-order valence-corrected chi connectivity index (χ1v) is 9.24. The van der Waals surface area contributed by atoms with Crippen molar-refractivity contribution in [3.63, 3.8) is 0 Å². The van der Waals surface area contributed by atoms with Crippen LogP contribution < -0.4 is 10.1 Å². The number of ether oxygens (including phenoxy) is 3. The molecule has 0 saturated carbocycles. The Labute approximate surface area is 164 Å². The lowest BCUT2D eigenvalue weighted by atomic mass is 10.0. The van der Waals surface area contributed by atoms with E-state index in [9.17, 15) is 4.79 Å². The molecule has 0 spiro atoms. The van der Waals surface area contributed by atoms with Gasteiger partial charge in [0.1, 0.15) is 12.4 Å². The average Bonchev–Trinajstić information content (AvgIpc) is 3.26. The van der Waals surface area contributed by atoms with Crippen molar-refractivity contribution < 1.29 is 19.0 Å². The first kappa shape index (κ1) is 19.5. The fourth-order valence-corrected chi connectivity index (χ4v) is 2.89. The summed E-state index contributed by atoms with van der Waals surface area (Å²) in [5.41, 5.74) is 3.21. The Hall–Kier alpha value is -3.28. The summed E-state index contributed by atoms with van der Waals surface area (Å²) in [5.74, 6) is 0.906. The van der Waals surface area contributed by atoms with Crippen LogP contribution in [0.3, 0.4) is 0 Å². The van der Waals surface area contributed by atoms with Crippen molar-refractivity contribution in [3.8, 4) is 5.75 Å². The Kier molecular flexibility index (Phi) is 6.68. The zero-order chi connectivity index (χ0) is 19.8. The molecule has 0 unspecified atom stereocenters. The molecule has 0 amide bonds. The van der Waals surface area contributed by atoms with E-state index < -0.39 is 0 Å². The number of benzene rings is 2. The van der Waals surface area contributed by atoms with Crippen LogP contribution in [0.2, 0.25) is 0 Å². The number of nitrogens with zero attached hydrogens (tertiary/aromatic N) is 1. The zero-order valence-corrected chi connectivity index (χ0v) is 16.1. The molecule has 0 bridgehead atoms. The average molecular weight is 380 g/mol. The van der Waals surface area contributed by atoms with Gasteiger partial charge in [-0.1, -0.05) is 18.2 Å². The van der Waals surface area contributed by atoms with Crippen molar-refractivity contribution in [2.45, 2.75) is 13.3 Å². The van der Waals surface area contributed by atoms with Crippen LogP contribution in [0.15, 0.2) is 65.2 Å². The maximum absolute atomic E-state index is 12.3. The Bertz CT molecular complexity index is 858. The van der Waals surface area contributed by atoms with E-state index in [1.165, 1.54) is 0 Å². The Morgan fingerprint density at radius 1 is 1.14 bits per heavy atom. The highest BCUT2D eigenvalue weighted by Gasteiger charge is 2.23. The molecule has 1 heterocycles. The summed E-state index contributed by atoms with van der Waals surface area (Å²) in [7, 11) is 1.63. The SMILES string of the molecule is CCOC(=O)C/C(C1=NCCO1)=C(/Nc1ccccc1)c1ccc(OC)cc1. The number of aliphatic imine (C=N–C) groups is 1. The lowest BCUT2D eigenvalue weighted by Gasteiger charge is -2.18. The number of nitrogens with one attached hydrogen (secondary N) is 1. The van der Waals surface area contributed by atoms with Gasteiger partial charge >= 0.3 is 5.97 Å². The lowest BCUT2D eigenvalue weighted by molar-refractivity contribution is -0.142. The van der Waals surface area contributed by atoms with E-state index in [-0.39, 0.29) is 12.4 Å². The van der Waals surface area contributed by atoms with E-state index in [2.05, 4.69) is 10.3 Å². The van der Waals surface area contributed by atoms with Crippen LogP contribution in [0.5, 0.6) is 5.75 Å². The van der Waals surface area contributed by atoms with Gasteiger partial charge in [0.15, 0.2) is 0 Å². The van der Waals surface area contributed by atoms with Gasteiger partial charge in [-0.25, -0.2) is 4.99 Å². The Morgan fingerprint density at radius 2 is 1.89 bits per heavy atom. The van der Waals surface area contributed by atoms with Crippen LogP contribution in [0.25, 0.3) is 5.70 Å². The molecule has 3 rings (SSSR count). The van der Waals surface area contributed by atoms with Gasteiger partial charge in [-0.3, -0.25) is 4.79 Å². The maximum atomic E-state index is 12.3. The number of rotatable bonds is 8. The molecule has 0 atom stereocenters. The lowest BCUT2D eigenvalue weighted by Crippen LogP contribution is -2.16. The molecule has 0 aromatic heterocycles. The molecule has 6 nitrogen and oxygen atoms in total. The summed E-state index contributed by atoms with van der Waals surface area (Å²) in [5, 5.41) is 3.43. The topological polar surface area (TPSA) is 69.2 Å². The summed E-state index contributed by atoms with van der Waals surface area (Å²) in [4.78, 5) is 16.7. The molecule has 1 aliphatic rings. The molecule has 1 aliphatic heterocycles. The predicted octanol–water partition coefficient (Wildman–Crippen LogP) is 3.90. The summed E-state index contributed by atoms with van der Waals surface area (Å²) in [6.07, 6.45) is 0.0634. The van der Waals surface area contributed by atoms with E-state index in [0.29, 0.717) is 31.2 Å². The molecule has 0 radical (unpaired) electrons. The van der Waals surface area contributed by atoms with Gasteiger partial charge in [-0.05, 0) is 48.9 Å². The highest BCUT2D eigenvalue weighted by molar-refractivity contribution is 6.06. The van der Waals surface area contributed by atoms with Gasteiger partial charge in [-0.2, -0.15) is 0 Å². The molecule has 0 aliphatic carbocycles. The fraction of sp³-hybridized carbons (Fsp3) is 0.273. The number of methoxy groups -OCH3 is 1. The molecule has 2 aromatic carbocycles. The van der Waals surface area contributed by atoms with Gasteiger partial charge in [0, 0.05) is 11.3 Å². The minimum Gasteiger partial charge on any atom is -0.497 e. The summed E-state index contributed by atoms with van der Waals surface area (Å²) in [6.45, 7) is 3.19. The minimum atomic E-state index is -0.323. The molecule has 1 N–H and O–H groups in total. The zero-order valence-electron chi connectivity index (χ0n) is 16.1. The van der Waals surface area contributed by atoms with Crippen LogP contribution in [0.4, 0.5) is 5.69 Å². The van der Waals surface area contributed by atoms with Gasteiger partial charge in [-0.15, -0.1) is 0 Å². The van der Waals surface area contributed by atoms with Crippen LogP contribution in [0, 0.1) is 0 Å². The van der Waals surface area contributed by atoms with Crippen molar-refractivity contribution in [1.82, 2.24) is 0 Å². The standard InChI is InChI=1S/C22H24N2O4/c1-3-27-20(25)15-19(22-23-13-14-28-22)21(24-17-7-5-4-6-8-17)16-9-11-18(26-2)12-10-16/h4-12,24H,3,13-15H2,1-2H3/b21-19-. The molecule has 2 aromatic rings. The van der Waals surface area contributed by atoms with Crippen LogP contribution in [-0.4, -0.2) is 38.7 Å². The number of carbonyl (C=O) groups is 1. The summed E-state index contributed by atoms with van der Waals surface area (Å²) >= 11 is 0. The van der Waals surface area contributed by atoms with E-state index in [1.807, 2.05) is 54.6 Å². The first-order valence-electron chi connectivity index (χ1n) is 9.24. The minimum absolute atomic E-state index is 0.0634. The summed E-state index contributed by atoms with van der Waals surface area (Å²) in [6, 6.07) is 17.4. The van der Waals surface area contributed by atoms with E-state index in [0.717, 1.165) is 22.7 Å². The molecular formula is C22H24N2O4. The van der Waals surface area contributed by atoms with Crippen molar-refractivity contribution >= 4 is 23.3 Å². The number of carbonyl (C=O) groups excluding carboxylic acids is 1. The van der Waals surface area contributed by atoms with Gasteiger partial charge < -0.3 is 19.5 Å². The van der Waals surface area contributed by atoms with Crippen LogP contribution in [0.1, 0.15) is 18.9 Å². The van der Waals surface area contributed by atoms with Crippen LogP contribution >= 0.6 is 0 Å². The third kappa shape index (κ3) is 4.91. The van der Waals surface area contributed by atoms with E-state index in [4.69, 9.17) is 14.2 Å². The van der Waals surface area contributed by atoms with Crippen molar-refractivity contribution in [2.24, 2.45) is 4.99 Å². The molecule has 28 heavy (non-hydrogen) atoms. The molecule has 0 fully saturated rings. The Balaban J connectivity index is 2.08. The third-order valence-corrected chi connectivity index (χ3v) is 4.19. The predicted molar refractivity (Wildman–Crippen MR) is 109 cm³/mol. The smallest absolute Gasteiger partial charge is 0.310 e. The van der Waals surface area contributed by atoms with Crippen LogP contribution in [-0.2, 0) is 14.3 Å². The molecule has 6 heteroatoms. The second kappa shape index (κ2) is 9.60. The number of esters is 1. The number of anilines is 1. The number of hydrogen-bond donors (Lipinski definition) is 1. The Morgan fingerprint density at radius 3 is 2.50 bits per heavy atom. The molecule has 146 valence electrons. The number of para-hydroxylation sites is 1. The van der Waals surface area contributed by atoms with E-state index >= 15 is 0 Å².